The highest BCUT2D eigenvalue weighted by atomic mass is 16.5. The van der Waals surface area contributed by atoms with E-state index in [1.165, 1.54) is 6.26 Å². The topological polar surface area (TPSA) is 91.4 Å². The number of aryl methyl sites for hydroxylation is 2. The smallest absolute Gasteiger partial charge is 0.273 e. The molecule has 1 N–H and O–H groups in total. The van der Waals surface area contributed by atoms with Crippen LogP contribution in [-0.4, -0.2) is 27.6 Å². The molecule has 26 heavy (non-hydrogen) atoms. The summed E-state index contributed by atoms with van der Waals surface area (Å²) in [5.74, 6) is 1.92. The van der Waals surface area contributed by atoms with Crippen molar-refractivity contribution < 1.29 is 18.7 Å². The van der Waals surface area contributed by atoms with E-state index in [-0.39, 0.29) is 18.2 Å². The molecule has 0 atom stereocenters. The lowest BCUT2D eigenvalue weighted by Crippen LogP contribution is -2.24. The molecular weight excluding hydrogens is 336 g/mol. The lowest BCUT2D eigenvalue weighted by Gasteiger charge is -2.09. The van der Waals surface area contributed by atoms with Gasteiger partial charge in [0.25, 0.3) is 5.91 Å². The minimum Gasteiger partial charge on any atom is -0.493 e. The van der Waals surface area contributed by atoms with Gasteiger partial charge in [-0.05, 0) is 24.6 Å². The average Bonchev–Trinajstić information content (AvgIpc) is 3.27. The number of imidazole rings is 1. The zero-order valence-corrected chi connectivity index (χ0v) is 14.9. The monoisotopic (exact) mass is 356 g/mol. The standard InChI is InChI=1S/C18H20N4O4/c1-12-4-5-14(15(8-12)24-3)25-11-17-21-13(10-26-17)18(23)20-9-16-19-6-7-22(16)2/h4-8,10H,9,11H2,1-3H3,(H,20,23). The molecule has 0 aliphatic heterocycles. The van der Waals surface area contributed by atoms with E-state index in [9.17, 15) is 4.79 Å². The lowest BCUT2D eigenvalue weighted by molar-refractivity contribution is 0.0944. The predicted molar refractivity (Wildman–Crippen MR) is 92.9 cm³/mol. The number of nitrogens with zero attached hydrogens (tertiary/aromatic N) is 3. The number of benzene rings is 1. The highest BCUT2D eigenvalue weighted by Crippen LogP contribution is 2.28. The molecule has 0 fully saturated rings. The normalized spacial score (nSPS) is 10.6. The Morgan fingerprint density at radius 1 is 1.35 bits per heavy atom. The number of rotatable bonds is 7. The van der Waals surface area contributed by atoms with E-state index in [1.807, 2.05) is 42.9 Å². The number of aromatic nitrogens is 3. The first kappa shape index (κ1) is 17.5. The van der Waals surface area contributed by atoms with Crippen molar-refractivity contribution in [1.29, 1.82) is 0 Å². The number of ether oxygens (including phenoxy) is 2. The van der Waals surface area contributed by atoms with Gasteiger partial charge in [-0.1, -0.05) is 6.07 Å². The van der Waals surface area contributed by atoms with Crippen LogP contribution in [0.15, 0.2) is 41.3 Å². The summed E-state index contributed by atoms with van der Waals surface area (Å²) < 4.78 is 18.1. The predicted octanol–water partition coefficient (Wildman–Crippen LogP) is 2.23. The summed E-state index contributed by atoms with van der Waals surface area (Å²) in [5.41, 5.74) is 1.26. The zero-order valence-electron chi connectivity index (χ0n) is 14.9. The minimum atomic E-state index is -0.337. The molecule has 0 saturated carbocycles. The molecule has 8 nitrogen and oxygen atoms in total. The molecule has 0 spiro atoms. The fourth-order valence-electron chi connectivity index (χ4n) is 2.33. The molecule has 136 valence electrons. The van der Waals surface area contributed by atoms with Crippen LogP contribution in [0.5, 0.6) is 11.5 Å². The van der Waals surface area contributed by atoms with E-state index in [1.54, 1.807) is 13.3 Å². The SMILES string of the molecule is COc1cc(C)ccc1OCc1nc(C(=O)NCc2nccn2C)co1. The molecular formula is C18H20N4O4. The van der Waals surface area contributed by atoms with Gasteiger partial charge in [0.2, 0.25) is 5.89 Å². The Labute approximate surface area is 150 Å². The first-order chi connectivity index (χ1) is 12.6. The number of hydrogen-bond donors (Lipinski definition) is 1. The fraction of sp³-hybridized carbons (Fsp3) is 0.278. The van der Waals surface area contributed by atoms with E-state index in [0.717, 1.165) is 11.4 Å². The van der Waals surface area contributed by atoms with Gasteiger partial charge >= 0.3 is 0 Å². The van der Waals surface area contributed by atoms with Crippen molar-refractivity contribution >= 4 is 5.91 Å². The van der Waals surface area contributed by atoms with Gasteiger partial charge in [0.1, 0.15) is 12.1 Å². The van der Waals surface area contributed by atoms with Gasteiger partial charge < -0.3 is 23.8 Å². The van der Waals surface area contributed by atoms with Gasteiger partial charge in [0, 0.05) is 19.4 Å². The Kier molecular flexibility index (Phi) is 5.21. The van der Waals surface area contributed by atoms with Crippen LogP contribution in [0.4, 0.5) is 0 Å². The van der Waals surface area contributed by atoms with Crippen LogP contribution >= 0.6 is 0 Å². The molecule has 0 unspecified atom stereocenters. The average molecular weight is 356 g/mol. The number of methoxy groups -OCH3 is 1. The Hall–Kier alpha value is -3.29. The van der Waals surface area contributed by atoms with Gasteiger partial charge in [-0.25, -0.2) is 9.97 Å². The van der Waals surface area contributed by atoms with Gasteiger partial charge in [0.05, 0.1) is 13.7 Å². The van der Waals surface area contributed by atoms with Gasteiger partial charge in [0.15, 0.2) is 23.8 Å². The van der Waals surface area contributed by atoms with Gasteiger partial charge in [-0.3, -0.25) is 4.79 Å². The van der Waals surface area contributed by atoms with Crippen LogP contribution in [-0.2, 0) is 20.2 Å². The van der Waals surface area contributed by atoms with Crippen LogP contribution in [0.1, 0.15) is 27.8 Å². The molecule has 0 radical (unpaired) electrons. The third-order valence-electron chi connectivity index (χ3n) is 3.78. The summed E-state index contributed by atoms with van der Waals surface area (Å²) >= 11 is 0. The van der Waals surface area contributed by atoms with Crippen LogP contribution in [0.2, 0.25) is 0 Å². The second kappa shape index (κ2) is 7.73. The van der Waals surface area contributed by atoms with E-state index >= 15 is 0 Å². The van der Waals surface area contributed by atoms with E-state index in [4.69, 9.17) is 13.9 Å². The molecule has 2 aromatic heterocycles. The maximum Gasteiger partial charge on any atom is 0.273 e. The van der Waals surface area contributed by atoms with E-state index < -0.39 is 0 Å². The highest BCUT2D eigenvalue weighted by molar-refractivity contribution is 5.91. The molecule has 1 aromatic carbocycles. The number of amides is 1. The summed E-state index contributed by atoms with van der Waals surface area (Å²) in [6.45, 7) is 2.36. The van der Waals surface area contributed by atoms with E-state index in [2.05, 4.69) is 15.3 Å². The first-order valence-electron chi connectivity index (χ1n) is 8.03. The molecule has 0 aliphatic carbocycles. The van der Waals surface area contributed by atoms with Crippen molar-refractivity contribution in [1.82, 2.24) is 19.9 Å². The maximum absolute atomic E-state index is 12.1. The van der Waals surface area contributed by atoms with Crippen molar-refractivity contribution in [3.63, 3.8) is 0 Å². The maximum atomic E-state index is 12.1. The van der Waals surface area contributed by atoms with Crippen LogP contribution < -0.4 is 14.8 Å². The summed E-state index contributed by atoms with van der Waals surface area (Å²) in [5, 5.41) is 2.75. The molecule has 3 aromatic rings. The molecule has 0 bridgehead atoms. The molecule has 1 amide bonds. The van der Waals surface area contributed by atoms with Crippen LogP contribution in [0.25, 0.3) is 0 Å². The van der Waals surface area contributed by atoms with Crippen LogP contribution in [0, 0.1) is 6.92 Å². The van der Waals surface area contributed by atoms with Crippen molar-refractivity contribution in [3.05, 3.63) is 59.8 Å². The van der Waals surface area contributed by atoms with Crippen molar-refractivity contribution in [3.8, 4) is 11.5 Å². The van der Waals surface area contributed by atoms with Crippen molar-refractivity contribution in [2.45, 2.75) is 20.1 Å². The van der Waals surface area contributed by atoms with Crippen molar-refractivity contribution in [2.24, 2.45) is 7.05 Å². The minimum absolute atomic E-state index is 0.0894. The highest BCUT2D eigenvalue weighted by Gasteiger charge is 2.14. The number of carbonyl (C=O) groups excluding carboxylic acids is 1. The fourth-order valence-corrected chi connectivity index (χ4v) is 2.33. The quantitative estimate of drug-likeness (QED) is 0.698. The van der Waals surface area contributed by atoms with Crippen LogP contribution in [0.3, 0.4) is 0 Å². The molecule has 8 heteroatoms. The van der Waals surface area contributed by atoms with Gasteiger partial charge in [-0.2, -0.15) is 0 Å². The molecule has 3 rings (SSSR count). The lowest BCUT2D eigenvalue weighted by atomic mass is 10.2. The van der Waals surface area contributed by atoms with Crippen molar-refractivity contribution in [2.75, 3.05) is 7.11 Å². The summed E-state index contributed by atoms with van der Waals surface area (Å²) in [4.78, 5) is 20.4. The Morgan fingerprint density at radius 2 is 2.19 bits per heavy atom. The van der Waals surface area contributed by atoms with Gasteiger partial charge in [-0.15, -0.1) is 0 Å². The molecule has 0 saturated heterocycles. The third kappa shape index (κ3) is 4.02. The number of carbonyl (C=O) groups is 1. The second-order valence-corrected chi connectivity index (χ2v) is 5.71. The molecule has 0 aliphatic rings. The summed E-state index contributed by atoms with van der Waals surface area (Å²) in [6.07, 6.45) is 4.79. The number of hydrogen-bond acceptors (Lipinski definition) is 6. The summed E-state index contributed by atoms with van der Waals surface area (Å²) in [6, 6.07) is 5.61. The number of nitrogens with one attached hydrogen (secondary N) is 1. The Morgan fingerprint density at radius 3 is 2.92 bits per heavy atom. The number of oxazole rings is 1. The zero-order chi connectivity index (χ0) is 18.5. The molecule has 2 heterocycles. The second-order valence-electron chi connectivity index (χ2n) is 5.71. The van der Waals surface area contributed by atoms with E-state index in [0.29, 0.717) is 23.9 Å². The first-order valence-corrected chi connectivity index (χ1v) is 8.03. The third-order valence-corrected chi connectivity index (χ3v) is 3.78. The summed E-state index contributed by atoms with van der Waals surface area (Å²) in [7, 11) is 3.44. The Balaban J connectivity index is 1.57. The Bertz CT molecular complexity index is 900. The largest absolute Gasteiger partial charge is 0.493 e.